The third kappa shape index (κ3) is 4.33. The average molecular weight is 433 g/mol. The van der Waals surface area contributed by atoms with E-state index in [2.05, 4.69) is 5.32 Å². The number of nitrogens with one attached hydrogen (secondary N) is 1. The molecule has 1 aromatic carbocycles. The van der Waals surface area contributed by atoms with Crippen LogP contribution in [0.5, 0.6) is 0 Å². The molecule has 2 aromatic rings. The fraction of sp³-hybridized carbons (Fsp3) is 0.381. The number of esters is 1. The lowest BCUT2D eigenvalue weighted by Crippen LogP contribution is -2.49. The number of likely N-dealkylation sites (N-methyl/N-ethyl adjacent to an activating group) is 1. The lowest BCUT2D eigenvalue weighted by atomic mass is 9.81. The zero-order chi connectivity index (χ0) is 21.0. The molecule has 0 unspecified atom stereocenters. The molecule has 8 heteroatoms. The van der Waals surface area contributed by atoms with Gasteiger partial charge in [-0.25, -0.2) is 4.79 Å². The van der Waals surface area contributed by atoms with E-state index in [1.807, 2.05) is 35.9 Å². The molecule has 0 aliphatic carbocycles. The zero-order valence-corrected chi connectivity index (χ0v) is 18.2. The van der Waals surface area contributed by atoms with Crippen molar-refractivity contribution in [2.24, 2.45) is 0 Å². The molecule has 0 bridgehead atoms. The molecule has 1 aliphatic rings. The predicted molar refractivity (Wildman–Crippen MR) is 115 cm³/mol. The van der Waals surface area contributed by atoms with Crippen LogP contribution in [0.4, 0.5) is 0 Å². The first-order valence-corrected chi connectivity index (χ1v) is 11.5. The summed E-state index contributed by atoms with van der Waals surface area (Å²) in [6.07, 6.45) is 2.42. The van der Waals surface area contributed by atoms with E-state index in [-0.39, 0.29) is 11.8 Å². The normalized spacial score (nSPS) is 19.4. The molecular weight excluding hydrogens is 408 g/mol. The van der Waals surface area contributed by atoms with Crippen molar-refractivity contribution in [2.45, 2.75) is 24.4 Å². The van der Waals surface area contributed by atoms with Gasteiger partial charge in [0.05, 0.1) is 19.1 Å². The number of carbonyl (C=O) groups is 3. The van der Waals surface area contributed by atoms with E-state index < -0.39 is 24.0 Å². The Labute approximate surface area is 178 Å². The largest absolute Gasteiger partial charge is 0.467 e. The number of fused-ring (bicyclic) bond motifs is 1. The minimum absolute atomic E-state index is 0.116. The minimum atomic E-state index is -0.723. The summed E-state index contributed by atoms with van der Waals surface area (Å²) >= 11 is 3.10. The topological polar surface area (TPSA) is 75.7 Å². The molecule has 29 heavy (non-hydrogen) atoms. The average Bonchev–Trinajstić information content (AvgIpc) is 3.27. The number of ether oxygens (including phenoxy) is 1. The number of amides is 2. The second-order valence-electron chi connectivity index (χ2n) is 6.81. The summed E-state index contributed by atoms with van der Waals surface area (Å²) in [5.74, 6) is -0.766. The summed E-state index contributed by atoms with van der Waals surface area (Å²) in [4.78, 5) is 41.1. The number of methoxy groups -OCH3 is 1. The van der Waals surface area contributed by atoms with Crippen molar-refractivity contribution < 1.29 is 19.1 Å². The second kappa shape index (κ2) is 9.45. The molecule has 0 saturated carbocycles. The Hall–Kier alpha value is -2.32. The van der Waals surface area contributed by atoms with Gasteiger partial charge in [0.15, 0.2) is 0 Å². The molecule has 1 aliphatic heterocycles. The van der Waals surface area contributed by atoms with Crippen LogP contribution in [-0.2, 0) is 14.3 Å². The molecule has 6 nitrogen and oxygen atoms in total. The summed E-state index contributed by atoms with van der Waals surface area (Å²) in [7, 11) is 3.03. The number of nitrogens with zero attached hydrogens (tertiary/aromatic N) is 1. The van der Waals surface area contributed by atoms with E-state index in [4.69, 9.17) is 4.74 Å². The third-order valence-corrected chi connectivity index (χ3v) is 6.70. The van der Waals surface area contributed by atoms with Gasteiger partial charge in [0.2, 0.25) is 5.91 Å². The van der Waals surface area contributed by atoms with Crippen molar-refractivity contribution in [1.29, 1.82) is 0 Å². The van der Waals surface area contributed by atoms with Crippen molar-refractivity contribution in [3.05, 3.63) is 57.8 Å². The first-order chi connectivity index (χ1) is 14.0. The molecule has 3 atom stereocenters. The van der Waals surface area contributed by atoms with Gasteiger partial charge in [-0.3, -0.25) is 9.59 Å². The summed E-state index contributed by atoms with van der Waals surface area (Å²) in [6, 6.07) is 9.86. The van der Waals surface area contributed by atoms with E-state index in [9.17, 15) is 14.4 Å². The maximum Gasteiger partial charge on any atom is 0.328 e. The number of benzene rings is 1. The quantitative estimate of drug-likeness (QED) is 0.681. The lowest BCUT2D eigenvalue weighted by Gasteiger charge is -2.39. The molecule has 0 spiro atoms. The Kier molecular flexibility index (Phi) is 6.97. The van der Waals surface area contributed by atoms with Crippen molar-refractivity contribution in [3.63, 3.8) is 0 Å². The molecule has 1 N–H and O–H groups in total. The summed E-state index contributed by atoms with van der Waals surface area (Å²) in [6.45, 7) is 0. The van der Waals surface area contributed by atoms with Crippen LogP contribution in [0.15, 0.2) is 41.8 Å². The highest BCUT2D eigenvalue weighted by Crippen LogP contribution is 2.43. The molecule has 2 heterocycles. The maximum absolute atomic E-state index is 13.5. The fourth-order valence-corrected chi connectivity index (χ4v) is 5.04. The molecule has 154 valence electrons. The van der Waals surface area contributed by atoms with Gasteiger partial charge in [-0.05, 0) is 41.5 Å². The Bertz CT molecular complexity index is 885. The summed E-state index contributed by atoms with van der Waals surface area (Å²) in [5.41, 5.74) is 1.20. The van der Waals surface area contributed by atoms with E-state index >= 15 is 0 Å². The van der Waals surface area contributed by atoms with Crippen LogP contribution in [0, 0.1) is 0 Å². The van der Waals surface area contributed by atoms with Crippen LogP contribution < -0.4 is 5.32 Å². The molecule has 1 aromatic heterocycles. The van der Waals surface area contributed by atoms with Crippen molar-refractivity contribution in [2.75, 3.05) is 26.2 Å². The monoisotopic (exact) mass is 432 g/mol. The summed E-state index contributed by atoms with van der Waals surface area (Å²) < 4.78 is 4.88. The van der Waals surface area contributed by atoms with Crippen molar-refractivity contribution in [1.82, 2.24) is 10.2 Å². The lowest BCUT2D eigenvalue weighted by molar-refractivity contribution is -0.145. The first kappa shape index (κ1) is 21.4. The Morgan fingerprint density at radius 3 is 2.69 bits per heavy atom. The predicted octanol–water partition coefficient (Wildman–Crippen LogP) is 3.07. The fourth-order valence-electron chi connectivity index (χ4n) is 3.66. The van der Waals surface area contributed by atoms with Gasteiger partial charge in [-0.15, -0.1) is 11.3 Å². The van der Waals surface area contributed by atoms with Gasteiger partial charge in [-0.1, -0.05) is 24.3 Å². The standard InChI is InChI=1S/C21H24N2O4S2/c1-23-18(16-9-6-11-29-16)17(13-7-4-5-8-14(13)20(23)25)19(24)22-15(10-12-28-3)21(26)27-2/h4-9,11,15,17-18H,10,12H2,1-3H3,(H,22,24)/t15-,17+,18+/m0/s1. The highest BCUT2D eigenvalue weighted by molar-refractivity contribution is 7.98. The molecular formula is C21H24N2O4S2. The molecule has 0 fully saturated rings. The highest BCUT2D eigenvalue weighted by atomic mass is 32.2. The van der Waals surface area contributed by atoms with Crippen molar-refractivity contribution in [3.8, 4) is 0 Å². The number of carbonyl (C=O) groups excluding carboxylic acids is 3. The third-order valence-electron chi connectivity index (χ3n) is 5.11. The van der Waals surface area contributed by atoms with Crippen LogP contribution in [0.3, 0.4) is 0 Å². The summed E-state index contributed by atoms with van der Waals surface area (Å²) in [5, 5.41) is 4.81. The number of hydrogen-bond acceptors (Lipinski definition) is 6. The van der Waals surface area contributed by atoms with Crippen LogP contribution in [0.2, 0.25) is 0 Å². The number of thiophene rings is 1. The van der Waals surface area contributed by atoms with Crippen molar-refractivity contribution >= 4 is 40.9 Å². The SMILES string of the molecule is COC(=O)[C@H](CCSC)NC(=O)[C@@H]1c2ccccc2C(=O)N(C)[C@@H]1c1cccs1. The minimum Gasteiger partial charge on any atom is -0.467 e. The number of thioether (sulfide) groups is 1. The van der Waals surface area contributed by atoms with E-state index in [1.54, 1.807) is 35.8 Å². The van der Waals surface area contributed by atoms with Gasteiger partial charge in [-0.2, -0.15) is 11.8 Å². The molecule has 3 rings (SSSR count). The number of rotatable bonds is 7. The van der Waals surface area contributed by atoms with Gasteiger partial charge >= 0.3 is 5.97 Å². The Morgan fingerprint density at radius 2 is 2.03 bits per heavy atom. The Morgan fingerprint density at radius 1 is 1.28 bits per heavy atom. The smallest absolute Gasteiger partial charge is 0.328 e. The van der Waals surface area contributed by atoms with E-state index in [1.165, 1.54) is 18.4 Å². The van der Waals surface area contributed by atoms with E-state index in [0.717, 1.165) is 4.88 Å². The molecule has 2 amide bonds. The van der Waals surface area contributed by atoms with Gasteiger partial charge in [0, 0.05) is 17.5 Å². The number of hydrogen-bond donors (Lipinski definition) is 1. The highest BCUT2D eigenvalue weighted by Gasteiger charge is 2.43. The molecule has 0 saturated heterocycles. The van der Waals surface area contributed by atoms with Gasteiger partial charge in [0.25, 0.3) is 5.91 Å². The van der Waals surface area contributed by atoms with Crippen LogP contribution in [0.1, 0.15) is 39.2 Å². The van der Waals surface area contributed by atoms with Crippen LogP contribution >= 0.6 is 23.1 Å². The maximum atomic E-state index is 13.5. The van der Waals surface area contributed by atoms with Gasteiger partial charge < -0.3 is 15.0 Å². The van der Waals surface area contributed by atoms with Gasteiger partial charge in [0.1, 0.15) is 6.04 Å². The van der Waals surface area contributed by atoms with E-state index in [0.29, 0.717) is 23.3 Å². The second-order valence-corrected chi connectivity index (χ2v) is 8.77. The van der Waals surface area contributed by atoms with Crippen LogP contribution in [-0.4, -0.2) is 54.9 Å². The zero-order valence-electron chi connectivity index (χ0n) is 16.6. The van der Waals surface area contributed by atoms with Crippen LogP contribution in [0.25, 0.3) is 0 Å². The molecule has 0 radical (unpaired) electrons. The Balaban J connectivity index is 2.00. The first-order valence-electron chi connectivity index (χ1n) is 9.26.